The molecule has 0 aliphatic carbocycles. The van der Waals surface area contributed by atoms with Crippen molar-refractivity contribution >= 4 is 29.0 Å². The van der Waals surface area contributed by atoms with E-state index < -0.39 is 0 Å². The van der Waals surface area contributed by atoms with Gasteiger partial charge in [0.25, 0.3) is 5.91 Å². The van der Waals surface area contributed by atoms with Crippen molar-refractivity contribution in [1.29, 1.82) is 0 Å². The number of amides is 1. The molecular weight excluding hydrogens is 326 g/mol. The molecule has 1 aromatic heterocycles. The number of hydrogen-bond donors (Lipinski definition) is 2. The number of rotatable bonds is 7. The molecule has 0 unspecified atom stereocenters. The van der Waals surface area contributed by atoms with E-state index in [9.17, 15) is 4.79 Å². The number of aryl methyl sites for hydroxylation is 2. The number of methoxy groups -OCH3 is 1. The Morgan fingerprint density at radius 2 is 2.08 bits per heavy atom. The van der Waals surface area contributed by atoms with Gasteiger partial charge in [-0.05, 0) is 49.6 Å². The molecule has 6 heteroatoms. The van der Waals surface area contributed by atoms with E-state index in [1.165, 1.54) is 0 Å². The van der Waals surface area contributed by atoms with E-state index in [0.29, 0.717) is 29.6 Å². The third-order valence-electron chi connectivity index (χ3n) is 3.52. The Morgan fingerprint density at radius 3 is 2.71 bits per heavy atom. The van der Waals surface area contributed by atoms with E-state index in [4.69, 9.17) is 16.3 Å². The molecule has 2 N–H and O–H groups in total. The number of nitrogens with one attached hydrogen (secondary N) is 2. The van der Waals surface area contributed by atoms with E-state index in [1.807, 2.05) is 19.9 Å². The Hall–Kier alpha value is -2.11. The number of halogens is 1. The fourth-order valence-electron chi connectivity index (χ4n) is 2.32. The first-order valence-electron chi connectivity index (χ1n) is 7.78. The monoisotopic (exact) mass is 347 g/mol. The van der Waals surface area contributed by atoms with Crippen molar-refractivity contribution in [3.63, 3.8) is 0 Å². The number of benzene rings is 1. The van der Waals surface area contributed by atoms with Gasteiger partial charge in [0.05, 0.1) is 16.3 Å². The van der Waals surface area contributed by atoms with Crippen LogP contribution in [0.4, 0.5) is 11.5 Å². The van der Waals surface area contributed by atoms with Crippen molar-refractivity contribution in [2.45, 2.75) is 20.3 Å². The highest BCUT2D eigenvalue weighted by atomic mass is 35.5. The summed E-state index contributed by atoms with van der Waals surface area (Å²) < 4.78 is 4.95. The second-order valence-corrected chi connectivity index (χ2v) is 6.01. The van der Waals surface area contributed by atoms with Crippen molar-refractivity contribution in [3.05, 3.63) is 52.2 Å². The van der Waals surface area contributed by atoms with Crippen LogP contribution in [0.3, 0.4) is 0 Å². The van der Waals surface area contributed by atoms with Crippen LogP contribution >= 0.6 is 11.6 Å². The molecule has 0 radical (unpaired) electrons. The van der Waals surface area contributed by atoms with E-state index in [1.54, 1.807) is 25.4 Å². The minimum atomic E-state index is -0.144. The lowest BCUT2D eigenvalue weighted by Crippen LogP contribution is -2.25. The number of aromatic nitrogens is 1. The molecule has 1 aromatic carbocycles. The van der Waals surface area contributed by atoms with Gasteiger partial charge in [-0.3, -0.25) is 4.79 Å². The standard InChI is InChI=1S/C18H22ClN3O2/c1-12-9-13(2)17(15(19)10-12)22-16-6-5-14(11-21-16)18(23)20-7-4-8-24-3/h5-6,9-11H,4,7-8H2,1-3H3,(H,20,23)(H,21,22). The quantitative estimate of drug-likeness (QED) is 0.746. The summed E-state index contributed by atoms with van der Waals surface area (Å²) in [4.78, 5) is 16.3. The first-order valence-corrected chi connectivity index (χ1v) is 8.16. The number of anilines is 2. The minimum absolute atomic E-state index is 0.144. The van der Waals surface area contributed by atoms with Gasteiger partial charge in [-0.15, -0.1) is 0 Å². The highest BCUT2D eigenvalue weighted by Crippen LogP contribution is 2.29. The van der Waals surface area contributed by atoms with Crippen LogP contribution in [-0.4, -0.2) is 31.2 Å². The molecule has 0 saturated heterocycles. The lowest BCUT2D eigenvalue weighted by atomic mass is 10.1. The van der Waals surface area contributed by atoms with Gasteiger partial charge in [0, 0.05) is 26.5 Å². The summed E-state index contributed by atoms with van der Waals surface area (Å²) in [5.74, 6) is 0.495. The predicted octanol–water partition coefficient (Wildman–Crippen LogP) is 3.86. The maximum atomic E-state index is 12.0. The van der Waals surface area contributed by atoms with Crippen LogP contribution in [0.15, 0.2) is 30.5 Å². The topological polar surface area (TPSA) is 63.2 Å². The number of carbonyl (C=O) groups excluding carboxylic acids is 1. The summed E-state index contributed by atoms with van der Waals surface area (Å²) in [6.07, 6.45) is 2.33. The molecule has 5 nitrogen and oxygen atoms in total. The normalized spacial score (nSPS) is 10.5. The van der Waals surface area contributed by atoms with Crippen molar-refractivity contribution in [2.75, 3.05) is 25.6 Å². The lowest BCUT2D eigenvalue weighted by Gasteiger charge is -2.12. The molecule has 1 amide bonds. The summed E-state index contributed by atoms with van der Waals surface area (Å²) in [7, 11) is 1.64. The molecule has 1 heterocycles. The zero-order chi connectivity index (χ0) is 17.5. The SMILES string of the molecule is COCCCNC(=O)c1ccc(Nc2c(C)cc(C)cc2Cl)nc1. The highest BCUT2D eigenvalue weighted by molar-refractivity contribution is 6.33. The first kappa shape index (κ1) is 18.2. The molecule has 0 atom stereocenters. The second-order valence-electron chi connectivity index (χ2n) is 5.60. The summed E-state index contributed by atoms with van der Waals surface area (Å²) in [6, 6.07) is 7.45. The average molecular weight is 348 g/mol. The molecule has 0 aliphatic heterocycles. The van der Waals surface area contributed by atoms with Crippen LogP contribution in [0.2, 0.25) is 5.02 Å². The van der Waals surface area contributed by atoms with Crippen LogP contribution in [0.25, 0.3) is 0 Å². The Bertz CT molecular complexity index is 679. The second kappa shape index (κ2) is 8.66. The molecular formula is C18H22ClN3O2. The van der Waals surface area contributed by atoms with E-state index in [2.05, 4.69) is 21.7 Å². The van der Waals surface area contributed by atoms with Gasteiger partial charge in [0.2, 0.25) is 0 Å². The fourth-order valence-corrected chi connectivity index (χ4v) is 2.69. The van der Waals surface area contributed by atoms with E-state index in [-0.39, 0.29) is 5.91 Å². The molecule has 24 heavy (non-hydrogen) atoms. The van der Waals surface area contributed by atoms with Crippen LogP contribution in [0.1, 0.15) is 27.9 Å². The lowest BCUT2D eigenvalue weighted by molar-refractivity contribution is 0.0948. The maximum absolute atomic E-state index is 12.0. The molecule has 0 spiro atoms. The number of carbonyl (C=O) groups is 1. The Kier molecular flexibility index (Phi) is 6.58. The van der Waals surface area contributed by atoms with Gasteiger partial charge in [0.15, 0.2) is 0 Å². The van der Waals surface area contributed by atoms with Gasteiger partial charge in [0.1, 0.15) is 5.82 Å². The molecule has 0 bridgehead atoms. The largest absolute Gasteiger partial charge is 0.385 e. The third kappa shape index (κ3) is 4.94. The number of ether oxygens (including phenoxy) is 1. The van der Waals surface area contributed by atoms with Crippen molar-refractivity contribution in [3.8, 4) is 0 Å². The van der Waals surface area contributed by atoms with Crippen molar-refractivity contribution in [2.24, 2.45) is 0 Å². The summed E-state index contributed by atoms with van der Waals surface area (Å²) in [6.45, 7) is 5.19. The van der Waals surface area contributed by atoms with Gasteiger partial charge >= 0.3 is 0 Å². The average Bonchev–Trinajstić information content (AvgIpc) is 2.55. The zero-order valence-corrected chi connectivity index (χ0v) is 14.9. The molecule has 0 fully saturated rings. The van der Waals surface area contributed by atoms with Gasteiger partial charge in [-0.1, -0.05) is 17.7 Å². The Labute approximate surface area is 147 Å². The van der Waals surface area contributed by atoms with Crippen LogP contribution in [0, 0.1) is 13.8 Å². The smallest absolute Gasteiger partial charge is 0.252 e. The van der Waals surface area contributed by atoms with Gasteiger partial charge in [-0.2, -0.15) is 0 Å². The fraction of sp³-hybridized carbons (Fsp3) is 0.333. The van der Waals surface area contributed by atoms with Gasteiger partial charge < -0.3 is 15.4 Å². The molecule has 2 aromatic rings. The molecule has 0 saturated carbocycles. The minimum Gasteiger partial charge on any atom is -0.385 e. The number of nitrogens with zero attached hydrogens (tertiary/aromatic N) is 1. The number of hydrogen-bond acceptors (Lipinski definition) is 4. The highest BCUT2D eigenvalue weighted by Gasteiger charge is 2.08. The molecule has 0 aliphatic rings. The predicted molar refractivity (Wildman–Crippen MR) is 97.3 cm³/mol. The zero-order valence-electron chi connectivity index (χ0n) is 14.1. The van der Waals surface area contributed by atoms with Gasteiger partial charge in [-0.25, -0.2) is 4.98 Å². The Morgan fingerprint density at radius 1 is 1.29 bits per heavy atom. The molecule has 2 rings (SSSR count). The maximum Gasteiger partial charge on any atom is 0.252 e. The van der Waals surface area contributed by atoms with Crippen LogP contribution in [0.5, 0.6) is 0 Å². The molecule has 128 valence electrons. The number of pyridine rings is 1. The van der Waals surface area contributed by atoms with E-state index >= 15 is 0 Å². The first-order chi connectivity index (χ1) is 11.5. The van der Waals surface area contributed by atoms with Crippen LogP contribution < -0.4 is 10.6 Å². The Balaban J connectivity index is 2.01. The summed E-state index contributed by atoms with van der Waals surface area (Å²) in [5.41, 5.74) is 3.49. The van der Waals surface area contributed by atoms with Crippen molar-refractivity contribution < 1.29 is 9.53 Å². The van der Waals surface area contributed by atoms with Crippen LogP contribution in [-0.2, 0) is 4.74 Å². The third-order valence-corrected chi connectivity index (χ3v) is 3.82. The summed E-state index contributed by atoms with van der Waals surface area (Å²) >= 11 is 6.28. The van der Waals surface area contributed by atoms with Crippen molar-refractivity contribution in [1.82, 2.24) is 10.3 Å². The summed E-state index contributed by atoms with van der Waals surface area (Å²) in [5, 5.41) is 6.68. The van der Waals surface area contributed by atoms with E-state index in [0.717, 1.165) is 23.2 Å².